The number of rotatable bonds is 5. The van der Waals surface area contributed by atoms with Crippen molar-refractivity contribution in [3.05, 3.63) is 11.8 Å². The quantitative estimate of drug-likeness (QED) is 0.892. The van der Waals surface area contributed by atoms with Crippen LogP contribution in [-0.4, -0.2) is 79.3 Å². The molecule has 2 amide bonds. The number of piperidine rings is 1. The average molecular weight is 309 g/mol. The maximum atomic E-state index is 12.1. The van der Waals surface area contributed by atoms with E-state index in [2.05, 4.69) is 34.4 Å². The molecule has 0 radical (unpaired) electrons. The number of likely N-dealkylation sites (tertiary alicyclic amines) is 1. The van der Waals surface area contributed by atoms with Gasteiger partial charge in [0.2, 0.25) is 0 Å². The van der Waals surface area contributed by atoms with Gasteiger partial charge in [-0.2, -0.15) is 0 Å². The number of urea groups is 1. The van der Waals surface area contributed by atoms with Crippen molar-refractivity contribution in [1.82, 2.24) is 19.9 Å². The third-order valence-corrected chi connectivity index (χ3v) is 4.31. The van der Waals surface area contributed by atoms with Gasteiger partial charge in [-0.15, -0.1) is 0 Å². The Labute approximate surface area is 132 Å². The normalized spacial score (nSPS) is 17.0. The Balaban J connectivity index is 1.72. The molecule has 0 aromatic carbocycles. The Morgan fingerprint density at radius 1 is 1.41 bits per heavy atom. The number of carbonyl (C=O) groups is 1. The van der Waals surface area contributed by atoms with Gasteiger partial charge in [0.1, 0.15) is 5.76 Å². The number of likely N-dealkylation sites (N-methyl/N-ethyl adjacent to an activating group) is 2. The highest BCUT2D eigenvalue weighted by molar-refractivity contribution is 5.88. The van der Waals surface area contributed by atoms with Gasteiger partial charge in [0.05, 0.1) is 0 Å². The number of nitrogens with zero attached hydrogens (tertiary/aromatic N) is 4. The van der Waals surface area contributed by atoms with Crippen molar-refractivity contribution in [2.45, 2.75) is 25.8 Å². The van der Waals surface area contributed by atoms with Gasteiger partial charge in [-0.25, -0.2) is 4.79 Å². The first kappa shape index (κ1) is 16.8. The first-order valence-electron chi connectivity index (χ1n) is 7.80. The molecule has 7 nitrogen and oxygen atoms in total. The molecule has 1 aliphatic rings. The van der Waals surface area contributed by atoms with Crippen LogP contribution in [0, 0.1) is 6.92 Å². The van der Waals surface area contributed by atoms with Crippen LogP contribution in [0.4, 0.5) is 10.6 Å². The van der Waals surface area contributed by atoms with Gasteiger partial charge in [0.15, 0.2) is 5.82 Å². The Morgan fingerprint density at radius 3 is 2.68 bits per heavy atom. The number of hydrogen-bond donors (Lipinski definition) is 1. The van der Waals surface area contributed by atoms with Gasteiger partial charge in [-0.3, -0.25) is 5.32 Å². The zero-order valence-electron chi connectivity index (χ0n) is 14.0. The monoisotopic (exact) mass is 309 g/mol. The molecule has 22 heavy (non-hydrogen) atoms. The third kappa shape index (κ3) is 4.71. The van der Waals surface area contributed by atoms with Crippen LogP contribution >= 0.6 is 0 Å². The summed E-state index contributed by atoms with van der Waals surface area (Å²) in [5.41, 5.74) is 0. The highest BCUT2D eigenvalue weighted by Crippen LogP contribution is 2.14. The second-order valence-electron chi connectivity index (χ2n) is 6.19. The van der Waals surface area contributed by atoms with Crippen LogP contribution < -0.4 is 5.32 Å². The zero-order valence-corrected chi connectivity index (χ0v) is 14.0. The van der Waals surface area contributed by atoms with Crippen molar-refractivity contribution in [2.24, 2.45) is 0 Å². The van der Waals surface area contributed by atoms with Crippen molar-refractivity contribution in [1.29, 1.82) is 0 Å². The number of amides is 2. The summed E-state index contributed by atoms with van der Waals surface area (Å²) < 4.78 is 4.94. The van der Waals surface area contributed by atoms with Gasteiger partial charge in [0, 0.05) is 32.2 Å². The lowest BCUT2D eigenvalue weighted by Gasteiger charge is -2.35. The summed E-state index contributed by atoms with van der Waals surface area (Å²) in [5.74, 6) is 1.14. The maximum absolute atomic E-state index is 12.1. The summed E-state index contributed by atoms with van der Waals surface area (Å²) in [4.78, 5) is 18.5. The molecule has 7 heteroatoms. The highest BCUT2D eigenvalue weighted by atomic mass is 16.5. The zero-order chi connectivity index (χ0) is 16.1. The molecule has 0 saturated carbocycles. The predicted octanol–water partition coefficient (Wildman–Crippen LogP) is 1.47. The summed E-state index contributed by atoms with van der Waals surface area (Å²) in [5, 5.41) is 6.49. The largest absolute Gasteiger partial charge is 0.360 e. The fourth-order valence-electron chi connectivity index (χ4n) is 2.66. The molecule has 0 unspecified atom stereocenters. The number of nitrogens with one attached hydrogen (secondary N) is 1. The molecule has 0 aliphatic carbocycles. The summed E-state index contributed by atoms with van der Waals surface area (Å²) >= 11 is 0. The lowest BCUT2D eigenvalue weighted by molar-refractivity contribution is 0.136. The van der Waals surface area contributed by atoms with E-state index in [-0.39, 0.29) is 6.03 Å². The lowest BCUT2D eigenvalue weighted by Crippen LogP contribution is -2.45. The third-order valence-electron chi connectivity index (χ3n) is 4.31. The van der Waals surface area contributed by atoms with E-state index in [9.17, 15) is 4.79 Å². The van der Waals surface area contributed by atoms with E-state index in [1.54, 1.807) is 24.9 Å². The molecule has 0 bridgehead atoms. The van der Waals surface area contributed by atoms with Crippen molar-refractivity contribution in [3.63, 3.8) is 0 Å². The van der Waals surface area contributed by atoms with Crippen molar-refractivity contribution in [3.8, 4) is 0 Å². The highest BCUT2D eigenvalue weighted by Gasteiger charge is 2.21. The summed E-state index contributed by atoms with van der Waals surface area (Å²) in [6.45, 7) is 5.65. The fraction of sp³-hybridized carbons (Fsp3) is 0.733. The van der Waals surface area contributed by atoms with Crippen molar-refractivity contribution >= 4 is 11.8 Å². The van der Waals surface area contributed by atoms with Gasteiger partial charge in [-0.05, 0) is 47.0 Å². The Bertz CT molecular complexity index is 482. The minimum atomic E-state index is -0.162. The second kappa shape index (κ2) is 7.60. The lowest BCUT2D eigenvalue weighted by atomic mass is 10.0. The molecule has 1 N–H and O–H groups in total. The molecule has 0 spiro atoms. The van der Waals surface area contributed by atoms with E-state index >= 15 is 0 Å². The van der Waals surface area contributed by atoms with E-state index in [1.807, 2.05) is 0 Å². The number of aryl methyl sites for hydroxylation is 1. The SMILES string of the molecule is Cc1cc(NC(=O)N(C)CCN(C)C2CCN(C)CC2)no1. The topological polar surface area (TPSA) is 64.9 Å². The number of aromatic nitrogens is 1. The van der Waals surface area contributed by atoms with Gasteiger partial charge in [-0.1, -0.05) is 5.16 Å². The molecule has 1 saturated heterocycles. The van der Waals surface area contributed by atoms with Crippen LogP contribution in [0.15, 0.2) is 10.6 Å². The molecular formula is C15H27N5O2. The van der Waals surface area contributed by atoms with Crippen LogP contribution in [0.2, 0.25) is 0 Å². The first-order valence-corrected chi connectivity index (χ1v) is 7.80. The Kier molecular flexibility index (Phi) is 5.79. The first-order chi connectivity index (χ1) is 10.5. The molecule has 0 atom stereocenters. The number of anilines is 1. The minimum absolute atomic E-state index is 0.162. The van der Waals surface area contributed by atoms with Crippen molar-refractivity contribution in [2.75, 3.05) is 52.6 Å². The predicted molar refractivity (Wildman–Crippen MR) is 86.0 cm³/mol. The van der Waals surface area contributed by atoms with E-state index in [4.69, 9.17) is 4.52 Å². The summed E-state index contributed by atoms with van der Waals surface area (Å²) in [7, 11) is 6.10. The van der Waals surface area contributed by atoms with Crippen molar-refractivity contribution < 1.29 is 9.32 Å². The standard InChI is InChI=1S/C15H27N5O2/c1-12-11-14(17-22-12)16-15(21)20(4)10-9-19(3)13-5-7-18(2)8-6-13/h11,13H,5-10H2,1-4H3,(H,16,17,21). The van der Waals surface area contributed by atoms with Crippen LogP contribution in [0.3, 0.4) is 0 Å². The van der Waals surface area contributed by atoms with Gasteiger partial charge < -0.3 is 19.2 Å². The Hall–Kier alpha value is -1.60. The Morgan fingerprint density at radius 2 is 2.09 bits per heavy atom. The summed E-state index contributed by atoms with van der Waals surface area (Å²) in [6.07, 6.45) is 2.39. The van der Waals surface area contributed by atoms with E-state index < -0.39 is 0 Å². The van der Waals surface area contributed by atoms with Gasteiger partial charge in [0.25, 0.3) is 0 Å². The van der Waals surface area contributed by atoms with E-state index in [0.717, 1.165) is 19.6 Å². The number of carbonyl (C=O) groups excluding carboxylic acids is 1. The van der Waals surface area contributed by atoms with E-state index in [0.29, 0.717) is 24.2 Å². The van der Waals surface area contributed by atoms with E-state index in [1.165, 1.54) is 12.8 Å². The second-order valence-corrected chi connectivity index (χ2v) is 6.19. The number of hydrogen-bond acceptors (Lipinski definition) is 5. The van der Waals surface area contributed by atoms with Crippen LogP contribution in [0.1, 0.15) is 18.6 Å². The smallest absolute Gasteiger partial charge is 0.322 e. The maximum Gasteiger partial charge on any atom is 0.322 e. The minimum Gasteiger partial charge on any atom is -0.360 e. The average Bonchev–Trinajstić information content (AvgIpc) is 2.90. The molecule has 2 rings (SSSR count). The van der Waals surface area contributed by atoms with Crippen LogP contribution in [0.5, 0.6) is 0 Å². The molecule has 124 valence electrons. The summed E-state index contributed by atoms with van der Waals surface area (Å²) in [6, 6.07) is 2.16. The van der Waals surface area contributed by atoms with Gasteiger partial charge >= 0.3 is 6.03 Å². The fourth-order valence-corrected chi connectivity index (χ4v) is 2.66. The van der Waals surface area contributed by atoms with Crippen LogP contribution in [0.25, 0.3) is 0 Å². The molecule has 1 aliphatic heterocycles. The molecular weight excluding hydrogens is 282 g/mol. The molecule has 1 fully saturated rings. The van der Waals surface area contributed by atoms with Crippen LogP contribution in [-0.2, 0) is 0 Å². The molecule has 2 heterocycles. The molecule has 1 aromatic rings. The molecule has 1 aromatic heterocycles.